The third-order valence-electron chi connectivity index (χ3n) is 3.74. The molecule has 0 N–H and O–H groups in total. The van der Waals surface area contributed by atoms with E-state index in [9.17, 15) is 14.0 Å². The van der Waals surface area contributed by atoms with Crippen molar-refractivity contribution in [2.24, 2.45) is 0 Å². The quantitative estimate of drug-likeness (QED) is 0.621. The molecule has 1 aromatic heterocycles. The number of carbonyl (C=O) groups is 2. The normalized spacial score (nSPS) is 12.8. The minimum atomic E-state index is -0.546. The van der Waals surface area contributed by atoms with E-state index in [2.05, 4.69) is 0 Å². The first-order valence-corrected chi connectivity index (χ1v) is 8.05. The molecule has 120 valence electrons. The second-order valence-electron chi connectivity index (χ2n) is 5.26. The molecule has 0 saturated carbocycles. The molecule has 3 rings (SSSR count). The standard InChI is InChI=1S/C17H15FO4S/c1-21-14-6-5-11(18)8-12(14)13(19)9-22-17(20)16-7-10-3-2-4-15(10)23-16/h5-8H,2-4,9H2,1H3. The Morgan fingerprint density at radius 1 is 1.26 bits per heavy atom. The van der Waals surface area contributed by atoms with Crippen molar-refractivity contribution in [3.63, 3.8) is 0 Å². The smallest absolute Gasteiger partial charge is 0.348 e. The Balaban J connectivity index is 1.66. The van der Waals surface area contributed by atoms with Crippen molar-refractivity contribution in [2.45, 2.75) is 19.3 Å². The van der Waals surface area contributed by atoms with Gasteiger partial charge in [0.05, 0.1) is 12.7 Å². The van der Waals surface area contributed by atoms with Gasteiger partial charge in [-0.1, -0.05) is 0 Å². The summed E-state index contributed by atoms with van der Waals surface area (Å²) >= 11 is 1.42. The van der Waals surface area contributed by atoms with Crippen LogP contribution in [0, 0.1) is 5.82 Å². The van der Waals surface area contributed by atoms with Crippen LogP contribution in [0.3, 0.4) is 0 Å². The second-order valence-corrected chi connectivity index (χ2v) is 6.39. The summed E-state index contributed by atoms with van der Waals surface area (Å²) < 4.78 is 23.4. The first-order valence-electron chi connectivity index (χ1n) is 7.24. The Kier molecular flexibility index (Phi) is 4.43. The highest BCUT2D eigenvalue weighted by Gasteiger charge is 2.21. The van der Waals surface area contributed by atoms with Crippen molar-refractivity contribution in [3.8, 4) is 5.75 Å². The number of carbonyl (C=O) groups excluding carboxylic acids is 2. The first kappa shape index (κ1) is 15.7. The van der Waals surface area contributed by atoms with Crippen LogP contribution in [0.1, 0.15) is 36.9 Å². The summed E-state index contributed by atoms with van der Waals surface area (Å²) in [6, 6.07) is 5.49. The Labute approximate surface area is 136 Å². The maximum atomic E-state index is 13.3. The molecule has 0 amide bonds. The number of Topliss-reactive ketones (excluding diaryl/α,β-unsaturated/α-hetero) is 1. The van der Waals surface area contributed by atoms with Crippen LogP contribution in [-0.4, -0.2) is 25.5 Å². The third-order valence-corrected chi connectivity index (χ3v) is 4.96. The van der Waals surface area contributed by atoms with Crippen molar-refractivity contribution < 1.29 is 23.5 Å². The highest BCUT2D eigenvalue weighted by molar-refractivity contribution is 7.14. The lowest BCUT2D eigenvalue weighted by Crippen LogP contribution is -2.14. The van der Waals surface area contributed by atoms with E-state index in [4.69, 9.17) is 9.47 Å². The van der Waals surface area contributed by atoms with E-state index >= 15 is 0 Å². The summed E-state index contributed by atoms with van der Waals surface area (Å²) in [6.07, 6.45) is 3.10. The average Bonchev–Trinajstić information content (AvgIpc) is 3.13. The zero-order valence-electron chi connectivity index (χ0n) is 12.6. The lowest BCUT2D eigenvalue weighted by atomic mass is 10.1. The van der Waals surface area contributed by atoms with Crippen LogP contribution in [0.15, 0.2) is 24.3 Å². The van der Waals surface area contributed by atoms with Gasteiger partial charge in [0.25, 0.3) is 0 Å². The molecule has 1 heterocycles. The summed E-state index contributed by atoms with van der Waals surface area (Å²) in [7, 11) is 1.39. The molecule has 0 saturated heterocycles. The largest absolute Gasteiger partial charge is 0.496 e. The number of ketones is 1. The molecule has 0 fully saturated rings. The maximum Gasteiger partial charge on any atom is 0.348 e. The van der Waals surface area contributed by atoms with Gasteiger partial charge in [0, 0.05) is 4.88 Å². The van der Waals surface area contributed by atoms with Crippen molar-refractivity contribution in [1.82, 2.24) is 0 Å². The van der Waals surface area contributed by atoms with Crippen molar-refractivity contribution in [2.75, 3.05) is 13.7 Å². The minimum Gasteiger partial charge on any atom is -0.496 e. The Bertz CT molecular complexity index is 744. The van der Waals surface area contributed by atoms with E-state index in [-0.39, 0.29) is 11.3 Å². The molecule has 0 spiro atoms. The minimum absolute atomic E-state index is 0.0639. The van der Waals surface area contributed by atoms with E-state index in [1.54, 1.807) is 0 Å². The van der Waals surface area contributed by atoms with Gasteiger partial charge in [0.15, 0.2) is 6.61 Å². The Morgan fingerprint density at radius 3 is 2.83 bits per heavy atom. The predicted octanol–water partition coefficient (Wildman–Crippen LogP) is 3.42. The number of fused-ring (bicyclic) bond motifs is 1. The van der Waals surface area contributed by atoms with Crippen molar-refractivity contribution in [3.05, 3.63) is 51.0 Å². The Morgan fingerprint density at radius 2 is 2.09 bits per heavy atom. The number of benzene rings is 1. The van der Waals surface area contributed by atoms with E-state index in [1.165, 1.54) is 41.0 Å². The third kappa shape index (κ3) is 3.27. The number of thiophene rings is 1. The number of hydrogen-bond donors (Lipinski definition) is 0. The topological polar surface area (TPSA) is 52.6 Å². The maximum absolute atomic E-state index is 13.3. The summed E-state index contributed by atoms with van der Waals surface area (Å²) in [5.41, 5.74) is 1.26. The fourth-order valence-corrected chi connectivity index (χ4v) is 3.76. The van der Waals surface area contributed by atoms with E-state index < -0.39 is 24.2 Å². The molecule has 1 aliphatic rings. The SMILES string of the molecule is COc1ccc(F)cc1C(=O)COC(=O)c1cc2c(s1)CCC2. The van der Waals surface area contributed by atoms with Crippen LogP contribution >= 0.6 is 11.3 Å². The number of hydrogen-bond acceptors (Lipinski definition) is 5. The molecule has 0 bridgehead atoms. The molecule has 2 aromatic rings. The van der Waals surface area contributed by atoms with Gasteiger partial charge >= 0.3 is 5.97 Å². The van der Waals surface area contributed by atoms with Gasteiger partial charge < -0.3 is 9.47 Å². The lowest BCUT2D eigenvalue weighted by Gasteiger charge is -2.08. The van der Waals surface area contributed by atoms with E-state index in [0.717, 1.165) is 25.3 Å². The number of esters is 1. The molecule has 1 aliphatic carbocycles. The Hall–Kier alpha value is -2.21. The van der Waals surface area contributed by atoms with Gasteiger partial charge in [-0.15, -0.1) is 11.3 Å². The van der Waals surface area contributed by atoms with Gasteiger partial charge in [-0.05, 0) is 49.1 Å². The van der Waals surface area contributed by atoms with Crippen molar-refractivity contribution in [1.29, 1.82) is 0 Å². The number of aryl methyl sites for hydroxylation is 2. The lowest BCUT2D eigenvalue weighted by molar-refractivity contribution is 0.0478. The molecule has 1 aromatic carbocycles. The predicted molar refractivity (Wildman–Crippen MR) is 83.9 cm³/mol. The number of rotatable bonds is 5. The summed E-state index contributed by atoms with van der Waals surface area (Å²) in [6.45, 7) is -0.443. The highest BCUT2D eigenvalue weighted by Crippen LogP contribution is 2.31. The van der Waals surface area contributed by atoms with Crippen LogP contribution in [0.2, 0.25) is 0 Å². The molecular formula is C17H15FO4S. The molecule has 0 radical (unpaired) electrons. The van der Waals surface area contributed by atoms with Crippen LogP contribution in [0.4, 0.5) is 4.39 Å². The molecule has 23 heavy (non-hydrogen) atoms. The van der Waals surface area contributed by atoms with Crippen LogP contribution in [0.25, 0.3) is 0 Å². The van der Waals surface area contributed by atoms with E-state index in [0.29, 0.717) is 4.88 Å². The molecule has 6 heteroatoms. The zero-order valence-corrected chi connectivity index (χ0v) is 13.4. The molecule has 4 nitrogen and oxygen atoms in total. The number of methoxy groups -OCH3 is 1. The van der Waals surface area contributed by atoms with Gasteiger partial charge in [-0.25, -0.2) is 9.18 Å². The molecule has 0 aliphatic heterocycles. The van der Waals surface area contributed by atoms with Crippen LogP contribution in [0.5, 0.6) is 5.75 Å². The molecule has 0 atom stereocenters. The molecular weight excluding hydrogens is 319 g/mol. The average molecular weight is 334 g/mol. The first-order chi connectivity index (χ1) is 11.1. The number of ether oxygens (including phenoxy) is 2. The summed E-state index contributed by atoms with van der Waals surface area (Å²) in [4.78, 5) is 25.9. The highest BCUT2D eigenvalue weighted by atomic mass is 32.1. The fraction of sp³-hybridized carbons (Fsp3) is 0.294. The summed E-state index contributed by atoms with van der Waals surface area (Å²) in [5, 5.41) is 0. The van der Waals surface area contributed by atoms with Crippen LogP contribution in [-0.2, 0) is 17.6 Å². The van der Waals surface area contributed by atoms with Gasteiger partial charge in [0.2, 0.25) is 5.78 Å². The van der Waals surface area contributed by atoms with Gasteiger partial charge in [-0.3, -0.25) is 4.79 Å². The van der Waals surface area contributed by atoms with Gasteiger partial charge in [-0.2, -0.15) is 0 Å². The van der Waals surface area contributed by atoms with Gasteiger partial charge in [0.1, 0.15) is 16.4 Å². The van der Waals surface area contributed by atoms with Crippen LogP contribution < -0.4 is 4.74 Å². The summed E-state index contributed by atoms with van der Waals surface area (Å²) in [5.74, 6) is -1.32. The number of halogens is 1. The second kappa shape index (κ2) is 6.50. The zero-order chi connectivity index (χ0) is 16.4. The molecule has 0 unspecified atom stereocenters. The van der Waals surface area contributed by atoms with E-state index in [1.807, 2.05) is 6.07 Å². The fourth-order valence-electron chi connectivity index (χ4n) is 2.61. The van der Waals surface area contributed by atoms with Crippen molar-refractivity contribution >= 4 is 23.1 Å². The monoisotopic (exact) mass is 334 g/mol.